The van der Waals surface area contributed by atoms with Crippen LogP contribution in [0.4, 0.5) is 13.2 Å². The minimum atomic E-state index is -4.55. The monoisotopic (exact) mass is 375 g/mol. The van der Waals surface area contributed by atoms with Gasteiger partial charge in [0.15, 0.2) is 0 Å². The van der Waals surface area contributed by atoms with E-state index in [-0.39, 0.29) is 26.6 Å². The Balaban J connectivity index is 2.28. The molecule has 5 nitrogen and oxygen atoms in total. The molecule has 0 fully saturated rings. The lowest BCUT2D eigenvalue weighted by Gasteiger charge is -2.12. The zero-order chi connectivity index (χ0) is 17.7. The summed E-state index contributed by atoms with van der Waals surface area (Å²) in [4.78, 5) is -0.230. The number of aromatic nitrogens is 2. The molecule has 3 aromatic rings. The van der Waals surface area contributed by atoms with Gasteiger partial charge in [0, 0.05) is 16.0 Å². The summed E-state index contributed by atoms with van der Waals surface area (Å²) >= 11 is 6.07. The molecular formula is C14H9ClF3N3O2S. The third-order valence-electron chi connectivity index (χ3n) is 3.45. The molecular weight excluding hydrogens is 367 g/mol. The molecule has 10 heteroatoms. The predicted octanol–water partition coefficient (Wildman–Crippen LogP) is 3.55. The maximum absolute atomic E-state index is 13.1. The van der Waals surface area contributed by atoms with Gasteiger partial charge in [0.05, 0.1) is 22.2 Å². The van der Waals surface area contributed by atoms with Crippen LogP contribution in [-0.2, 0) is 16.2 Å². The molecule has 0 saturated carbocycles. The fraction of sp³-hybridized carbons (Fsp3) is 0.0714. The van der Waals surface area contributed by atoms with E-state index in [1.165, 1.54) is 18.3 Å². The van der Waals surface area contributed by atoms with Gasteiger partial charge in [-0.15, -0.1) is 0 Å². The van der Waals surface area contributed by atoms with Crippen LogP contribution in [0.2, 0.25) is 5.02 Å². The van der Waals surface area contributed by atoms with Crippen molar-refractivity contribution in [3.63, 3.8) is 0 Å². The second kappa shape index (κ2) is 5.47. The average Bonchev–Trinajstić information content (AvgIpc) is 2.92. The third-order valence-corrected chi connectivity index (χ3v) is 4.67. The molecule has 0 bridgehead atoms. The molecule has 2 aromatic carbocycles. The van der Waals surface area contributed by atoms with Crippen molar-refractivity contribution in [2.45, 2.75) is 11.1 Å². The molecule has 1 heterocycles. The molecule has 0 atom stereocenters. The molecule has 0 aliphatic heterocycles. The van der Waals surface area contributed by atoms with E-state index >= 15 is 0 Å². The maximum atomic E-state index is 13.1. The number of hydrogen-bond donors (Lipinski definition) is 2. The van der Waals surface area contributed by atoms with Crippen molar-refractivity contribution >= 4 is 32.5 Å². The predicted molar refractivity (Wildman–Crippen MR) is 82.9 cm³/mol. The van der Waals surface area contributed by atoms with E-state index in [1.807, 2.05) is 0 Å². The van der Waals surface area contributed by atoms with Crippen molar-refractivity contribution in [1.29, 1.82) is 0 Å². The van der Waals surface area contributed by atoms with Crippen LogP contribution >= 0.6 is 11.6 Å². The summed E-state index contributed by atoms with van der Waals surface area (Å²) in [6.07, 6.45) is -3.18. The number of sulfonamides is 1. The number of nitrogens with two attached hydrogens (primary N) is 1. The lowest BCUT2D eigenvalue weighted by Crippen LogP contribution is -2.12. The summed E-state index contributed by atoms with van der Waals surface area (Å²) in [5.41, 5.74) is -0.270. The van der Waals surface area contributed by atoms with Gasteiger partial charge in [-0.2, -0.15) is 18.3 Å². The summed E-state index contributed by atoms with van der Waals surface area (Å²) in [6, 6.07) is 5.47. The Morgan fingerprint density at radius 3 is 2.42 bits per heavy atom. The van der Waals surface area contributed by atoms with Crippen molar-refractivity contribution < 1.29 is 21.6 Å². The van der Waals surface area contributed by atoms with Crippen LogP contribution in [0.5, 0.6) is 0 Å². The molecule has 0 aliphatic rings. The van der Waals surface area contributed by atoms with Gasteiger partial charge >= 0.3 is 6.18 Å². The Morgan fingerprint density at radius 1 is 1.12 bits per heavy atom. The maximum Gasteiger partial charge on any atom is 0.416 e. The van der Waals surface area contributed by atoms with E-state index < -0.39 is 21.8 Å². The van der Waals surface area contributed by atoms with Gasteiger partial charge in [0.1, 0.15) is 0 Å². The van der Waals surface area contributed by atoms with Crippen molar-refractivity contribution in [2.75, 3.05) is 0 Å². The van der Waals surface area contributed by atoms with Crippen LogP contribution in [0.25, 0.3) is 22.0 Å². The highest BCUT2D eigenvalue weighted by atomic mass is 35.5. The summed E-state index contributed by atoms with van der Waals surface area (Å²) in [5, 5.41) is 11.6. The zero-order valence-electron chi connectivity index (χ0n) is 11.7. The molecule has 0 amide bonds. The molecule has 1 aromatic heterocycles. The fourth-order valence-corrected chi connectivity index (χ4v) is 3.22. The molecule has 0 radical (unpaired) electrons. The molecule has 0 aliphatic carbocycles. The molecule has 0 saturated heterocycles. The molecule has 24 heavy (non-hydrogen) atoms. The van der Waals surface area contributed by atoms with E-state index in [4.69, 9.17) is 16.7 Å². The number of benzene rings is 2. The normalized spacial score (nSPS) is 12.7. The van der Waals surface area contributed by atoms with Gasteiger partial charge < -0.3 is 0 Å². The largest absolute Gasteiger partial charge is 0.416 e. The number of H-pyrrole nitrogens is 1. The summed E-state index contributed by atoms with van der Waals surface area (Å²) in [6.45, 7) is 0. The van der Waals surface area contributed by atoms with Gasteiger partial charge in [0.25, 0.3) is 0 Å². The van der Waals surface area contributed by atoms with Crippen LogP contribution in [0.3, 0.4) is 0 Å². The Hall–Kier alpha value is -2.10. The molecule has 3 rings (SSSR count). The van der Waals surface area contributed by atoms with Crippen LogP contribution in [-0.4, -0.2) is 18.6 Å². The first-order valence-electron chi connectivity index (χ1n) is 6.44. The Kier molecular flexibility index (Phi) is 3.82. The molecule has 3 N–H and O–H groups in total. The first-order chi connectivity index (χ1) is 11.1. The Bertz CT molecular complexity index is 1050. The zero-order valence-corrected chi connectivity index (χ0v) is 13.3. The number of nitrogens with zero attached hydrogens (tertiary/aromatic N) is 1. The van der Waals surface area contributed by atoms with Crippen LogP contribution < -0.4 is 5.14 Å². The van der Waals surface area contributed by atoms with E-state index in [0.29, 0.717) is 5.39 Å². The first-order valence-corrected chi connectivity index (χ1v) is 8.37. The minimum Gasteiger partial charge on any atom is -0.278 e. The molecule has 126 valence electrons. The van der Waals surface area contributed by atoms with E-state index in [1.54, 1.807) is 0 Å². The number of alkyl halides is 3. The van der Waals surface area contributed by atoms with Crippen LogP contribution in [0.15, 0.2) is 41.4 Å². The number of aromatic amines is 1. The summed E-state index contributed by atoms with van der Waals surface area (Å²) in [5.74, 6) is 0. The Morgan fingerprint density at radius 2 is 1.83 bits per heavy atom. The van der Waals surface area contributed by atoms with Gasteiger partial charge in [-0.1, -0.05) is 17.7 Å². The fourth-order valence-electron chi connectivity index (χ4n) is 2.33. The second-order valence-corrected chi connectivity index (χ2v) is 7.01. The van der Waals surface area contributed by atoms with E-state index in [9.17, 15) is 21.6 Å². The SMILES string of the molecule is NS(=O)(=O)c1ccc(-c2cc(C(F)(F)F)cc3[nH]ncc23)c(Cl)c1. The average molecular weight is 376 g/mol. The first kappa shape index (κ1) is 16.7. The highest BCUT2D eigenvalue weighted by Crippen LogP contribution is 2.39. The standard InChI is InChI=1S/C14H9ClF3N3O2S/c15-12-5-8(24(19,22)23)1-2-9(12)10-3-7(14(16,17)18)4-13-11(10)6-20-21-13/h1-6H,(H,20,21)(H2,19,22,23). The smallest absolute Gasteiger partial charge is 0.278 e. The number of hydrogen-bond acceptors (Lipinski definition) is 3. The molecule has 0 unspecified atom stereocenters. The lowest BCUT2D eigenvalue weighted by atomic mass is 9.99. The topological polar surface area (TPSA) is 88.8 Å². The van der Waals surface area contributed by atoms with E-state index in [0.717, 1.165) is 18.2 Å². The molecule has 0 spiro atoms. The number of nitrogens with one attached hydrogen (secondary N) is 1. The highest BCUT2D eigenvalue weighted by molar-refractivity contribution is 7.89. The van der Waals surface area contributed by atoms with Crippen molar-refractivity contribution in [1.82, 2.24) is 10.2 Å². The van der Waals surface area contributed by atoms with Crippen molar-refractivity contribution in [3.05, 3.63) is 47.1 Å². The van der Waals surface area contributed by atoms with Crippen molar-refractivity contribution in [3.8, 4) is 11.1 Å². The summed E-state index contributed by atoms with van der Waals surface area (Å²) in [7, 11) is -3.97. The number of primary sulfonamides is 1. The van der Waals surface area contributed by atoms with Gasteiger partial charge in [-0.05, 0) is 29.8 Å². The number of halogens is 4. The highest BCUT2D eigenvalue weighted by Gasteiger charge is 2.32. The summed E-state index contributed by atoms with van der Waals surface area (Å²) < 4.78 is 61.9. The lowest BCUT2D eigenvalue weighted by molar-refractivity contribution is -0.137. The number of rotatable bonds is 2. The Labute approximate surface area is 139 Å². The van der Waals surface area contributed by atoms with Crippen LogP contribution in [0, 0.1) is 0 Å². The second-order valence-electron chi connectivity index (χ2n) is 5.04. The number of fused-ring (bicyclic) bond motifs is 1. The van der Waals surface area contributed by atoms with Crippen LogP contribution in [0.1, 0.15) is 5.56 Å². The third kappa shape index (κ3) is 2.97. The van der Waals surface area contributed by atoms with E-state index in [2.05, 4.69) is 10.2 Å². The quantitative estimate of drug-likeness (QED) is 0.717. The van der Waals surface area contributed by atoms with Gasteiger partial charge in [0.2, 0.25) is 10.0 Å². The van der Waals surface area contributed by atoms with Crippen molar-refractivity contribution in [2.24, 2.45) is 5.14 Å². The van der Waals surface area contributed by atoms with Gasteiger partial charge in [-0.25, -0.2) is 13.6 Å². The minimum absolute atomic E-state index is 0.0386. The van der Waals surface area contributed by atoms with Gasteiger partial charge in [-0.3, -0.25) is 5.10 Å².